The molecule has 2 aromatic rings. The molecule has 0 saturated carbocycles. The summed E-state index contributed by atoms with van der Waals surface area (Å²) in [4.78, 5) is 25.6. The van der Waals surface area contributed by atoms with Gasteiger partial charge in [0.05, 0.1) is 16.7 Å². The van der Waals surface area contributed by atoms with Gasteiger partial charge in [0, 0.05) is 17.3 Å². The fraction of sp³-hybridized carbons (Fsp3) is 0.391. The number of ether oxygens (including phenoxy) is 2. The molecular formula is C23H26Cl2N2O4S. The van der Waals surface area contributed by atoms with Gasteiger partial charge >= 0.3 is 0 Å². The predicted octanol–water partition coefficient (Wildman–Crippen LogP) is 5.04. The third-order valence-corrected chi connectivity index (χ3v) is 6.18. The molecule has 0 radical (unpaired) electrons. The van der Waals surface area contributed by atoms with Crippen LogP contribution in [0.25, 0.3) is 0 Å². The Morgan fingerprint density at radius 1 is 1.22 bits per heavy atom. The average molecular weight is 497 g/mol. The van der Waals surface area contributed by atoms with Crippen LogP contribution in [0.5, 0.6) is 5.75 Å². The maximum atomic E-state index is 12.9. The second-order valence-electron chi connectivity index (χ2n) is 7.39. The maximum absolute atomic E-state index is 12.9. The molecule has 2 unspecified atom stereocenters. The van der Waals surface area contributed by atoms with Crippen molar-refractivity contribution in [1.29, 1.82) is 0 Å². The van der Waals surface area contributed by atoms with Gasteiger partial charge in [0.2, 0.25) is 5.91 Å². The number of halogens is 2. The van der Waals surface area contributed by atoms with Crippen LogP contribution < -0.4 is 15.4 Å². The van der Waals surface area contributed by atoms with Crippen molar-refractivity contribution >= 4 is 52.5 Å². The van der Waals surface area contributed by atoms with E-state index in [0.29, 0.717) is 35.2 Å². The van der Waals surface area contributed by atoms with E-state index in [9.17, 15) is 9.59 Å². The van der Waals surface area contributed by atoms with Gasteiger partial charge in [0.15, 0.2) is 0 Å². The Balaban J connectivity index is 1.59. The zero-order chi connectivity index (χ0) is 22.9. The van der Waals surface area contributed by atoms with Crippen LogP contribution in [0.1, 0.15) is 29.6 Å². The zero-order valence-electron chi connectivity index (χ0n) is 17.7. The Morgan fingerprint density at radius 2 is 2.00 bits per heavy atom. The van der Waals surface area contributed by atoms with Crippen molar-refractivity contribution in [3.8, 4) is 5.75 Å². The van der Waals surface area contributed by atoms with E-state index in [2.05, 4.69) is 10.6 Å². The van der Waals surface area contributed by atoms with Crippen molar-refractivity contribution in [2.24, 2.45) is 0 Å². The Bertz CT molecular complexity index is 921. The van der Waals surface area contributed by atoms with Gasteiger partial charge in [-0.05, 0) is 73.7 Å². The van der Waals surface area contributed by atoms with Gasteiger partial charge in [0.1, 0.15) is 18.4 Å². The van der Waals surface area contributed by atoms with Gasteiger partial charge in [-0.3, -0.25) is 9.59 Å². The molecule has 0 spiro atoms. The molecule has 2 N–H and O–H groups in total. The van der Waals surface area contributed by atoms with Gasteiger partial charge in [0.25, 0.3) is 5.91 Å². The summed E-state index contributed by atoms with van der Waals surface area (Å²) >= 11 is 13.6. The number of thioether (sulfide) groups is 1. The third kappa shape index (κ3) is 7.30. The van der Waals surface area contributed by atoms with Crippen LogP contribution in [0.3, 0.4) is 0 Å². The SMILES string of the molecule is CSCCC(NC(=O)c1ccc(Cl)cc1Cl)C(=O)Nc1ccc(OCC2CCCO2)cc1. The second kappa shape index (κ2) is 12.3. The predicted molar refractivity (Wildman–Crippen MR) is 130 cm³/mol. The lowest BCUT2D eigenvalue weighted by Gasteiger charge is -2.19. The van der Waals surface area contributed by atoms with Crippen molar-refractivity contribution in [3.63, 3.8) is 0 Å². The Kier molecular flexibility index (Phi) is 9.53. The van der Waals surface area contributed by atoms with Crippen LogP contribution >= 0.6 is 35.0 Å². The highest BCUT2D eigenvalue weighted by Crippen LogP contribution is 2.22. The first-order valence-electron chi connectivity index (χ1n) is 10.4. The molecule has 2 atom stereocenters. The monoisotopic (exact) mass is 496 g/mol. The van der Waals surface area contributed by atoms with Gasteiger partial charge in [-0.1, -0.05) is 23.2 Å². The standard InChI is InChI=1S/C23H26Cl2N2O4S/c1-32-12-10-21(27-22(28)19-9-4-15(24)13-20(19)25)23(29)26-16-5-7-17(8-6-16)31-14-18-3-2-11-30-18/h4-9,13,18,21H,2-3,10-12,14H2,1H3,(H,26,29)(H,27,28). The molecule has 1 aliphatic heterocycles. The summed E-state index contributed by atoms with van der Waals surface area (Å²) in [5, 5.41) is 6.31. The van der Waals surface area contributed by atoms with Crippen LogP contribution in [0.15, 0.2) is 42.5 Å². The molecule has 1 aliphatic rings. The summed E-state index contributed by atoms with van der Waals surface area (Å²) in [5.41, 5.74) is 0.887. The zero-order valence-corrected chi connectivity index (χ0v) is 20.1. The lowest BCUT2D eigenvalue weighted by atomic mass is 10.1. The summed E-state index contributed by atoms with van der Waals surface area (Å²) in [6, 6.07) is 11.1. The largest absolute Gasteiger partial charge is 0.491 e. The van der Waals surface area contributed by atoms with Crippen LogP contribution in [0.2, 0.25) is 10.0 Å². The number of benzene rings is 2. The molecule has 2 amide bonds. The smallest absolute Gasteiger partial charge is 0.253 e. The van der Waals surface area contributed by atoms with E-state index in [-0.39, 0.29) is 22.6 Å². The molecule has 2 aromatic carbocycles. The number of hydrogen-bond donors (Lipinski definition) is 2. The lowest BCUT2D eigenvalue weighted by Crippen LogP contribution is -2.44. The van der Waals surface area contributed by atoms with E-state index in [4.69, 9.17) is 32.7 Å². The topological polar surface area (TPSA) is 76.7 Å². The molecule has 6 nitrogen and oxygen atoms in total. The minimum atomic E-state index is -0.711. The summed E-state index contributed by atoms with van der Waals surface area (Å²) in [5.74, 6) is 0.697. The summed E-state index contributed by atoms with van der Waals surface area (Å²) in [6.07, 6.45) is 4.65. The van der Waals surface area contributed by atoms with Crippen molar-refractivity contribution in [2.45, 2.75) is 31.4 Å². The highest BCUT2D eigenvalue weighted by molar-refractivity contribution is 7.98. The number of carbonyl (C=O) groups excluding carboxylic acids is 2. The molecule has 32 heavy (non-hydrogen) atoms. The lowest BCUT2D eigenvalue weighted by molar-refractivity contribution is -0.118. The van der Waals surface area contributed by atoms with E-state index in [1.807, 2.05) is 6.26 Å². The van der Waals surface area contributed by atoms with E-state index in [1.54, 1.807) is 48.2 Å². The summed E-state index contributed by atoms with van der Waals surface area (Å²) in [6.45, 7) is 1.30. The summed E-state index contributed by atoms with van der Waals surface area (Å²) < 4.78 is 11.3. The highest BCUT2D eigenvalue weighted by atomic mass is 35.5. The van der Waals surface area contributed by atoms with E-state index >= 15 is 0 Å². The molecule has 9 heteroatoms. The van der Waals surface area contributed by atoms with E-state index < -0.39 is 11.9 Å². The molecule has 0 aliphatic carbocycles. The van der Waals surface area contributed by atoms with Crippen LogP contribution in [-0.2, 0) is 9.53 Å². The van der Waals surface area contributed by atoms with Crippen LogP contribution in [0, 0.1) is 0 Å². The number of rotatable bonds is 10. The quantitative estimate of drug-likeness (QED) is 0.481. The van der Waals surface area contributed by atoms with Gasteiger partial charge in [-0.2, -0.15) is 11.8 Å². The molecular weight excluding hydrogens is 471 g/mol. The first-order valence-corrected chi connectivity index (χ1v) is 12.5. The molecule has 3 rings (SSSR count). The summed E-state index contributed by atoms with van der Waals surface area (Å²) in [7, 11) is 0. The Labute approximate surface area is 202 Å². The Morgan fingerprint density at radius 3 is 2.66 bits per heavy atom. The number of carbonyl (C=O) groups is 2. The molecule has 1 heterocycles. The highest BCUT2D eigenvalue weighted by Gasteiger charge is 2.23. The normalized spacial score (nSPS) is 16.4. The minimum Gasteiger partial charge on any atom is -0.491 e. The molecule has 1 fully saturated rings. The van der Waals surface area contributed by atoms with E-state index in [1.165, 1.54) is 6.07 Å². The van der Waals surface area contributed by atoms with Crippen molar-refractivity contribution < 1.29 is 19.1 Å². The fourth-order valence-corrected chi connectivity index (χ4v) is 4.21. The Hall–Kier alpha value is -1.93. The van der Waals surface area contributed by atoms with Crippen molar-refractivity contribution in [1.82, 2.24) is 5.32 Å². The fourth-order valence-electron chi connectivity index (χ4n) is 3.24. The first-order chi connectivity index (χ1) is 15.5. The number of nitrogens with one attached hydrogen (secondary N) is 2. The number of amides is 2. The minimum absolute atomic E-state index is 0.143. The van der Waals surface area contributed by atoms with Crippen LogP contribution in [0.4, 0.5) is 5.69 Å². The average Bonchev–Trinajstić information content (AvgIpc) is 3.29. The van der Waals surface area contributed by atoms with E-state index in [0.717, 1.165) is 19.4 Å². The molecule has 172 valence electrons. The van der Waals surface area contributed by atoms with Gasteiger partial charge in [-0.15, -0.1) is 0 Å². The molecule has 0 bridgehead atoms. The van der Waals surface area contributed by atoms with Crippen molar-refractivity contribution in [2.75, 3.05) is 30.5 Å². The van der Waals surface area contributed by atoms with Gasteiger partial charge in [-0.25, -0.2) is 0 Å². The number of anilines is 1. The third-order valence-electron chi connectivity index (χ3n) is 4.99. The van der Waals surface area contributed by atoms with Gasteiger partial charge < -0.3 is 20.1 Å². The maximum Gasteiger partial charge on any atom is 0.253 e. The molecule has 0 aromatic heterocycles. The molecule has 1 saturated heterocycles. The van der Waals surface area contributed by atoms with Crippen molar-refractivity contribution in [3.05, 3.63) is 58.1 Å². The van der Waals surface area contributed by atoms with Crippen LogP contribution in [-0.4, -0.2) is 49.2 Å². The first kappa shape index (κ1) is 24.7. The second-order valence-corrected chi connectivity index (χ2v) is 9.22. The number of hydrogen-bond acceptors (Lipinski definition) is 5.